The van der Waals surface area contributed by atoms with E-state index in [2.05, 4.69) is 4.90 Å². The molecule has 0 aromatic heterocycles. The number of aliphatic hydroxyl groups is 1. The molecule has 0 bridgehead atoms. The molecule has 1 aliphatic heterocycles. The second-order valence-corrected chi connectivity index (χ2v) is 5.05. The Kier molecular flexibility index (Phi) is 5.38. The minimum atomic E-state index is -0.930. The Hall–Kier alpha value is -1.59. The Morgan fingerprint density at radius 3 is 2.75 bits per heavy atom. The lowest BCUT2D eigenvalue weighted by atomic mass is 10.2. The molecular weight excluding hydrogens is 258 g/mol. The first-order valence-corrected chi connectivity index (χ1v) is 7.02. The largest absolute Gasteiger partial charge is 0.494 e. The Labute approximate surface area is 118 Å². The number of benzene rings is 1. The fourth-order valence-electron chi connectivity index (χ4n) is 2.55. The van der Waals surface area contributed by atoms with Crippen LogP contribution >= 0.6 is 0 Å². The number of rotatable bonds is 7. The van der Waals surface area contributed by atoms with Crippen LogP contribution in [0.25, 0.3) is 0 Å². The van der Waals surface area contributed by atoms with Crippen LogP contribution in [0.3, 0.4) is 0 Å². The molecule has 0 unspecified atom stereocenters. The van der Waals surface area contributed by atoms with E-state index in [1.807, 2.05) is 0 Å². The van der Waals surface area contributed by atoms with Gasteiger partial charge in [-0.15, -0.1) is 0 Å². The van der Waals surface area contributed by atoms with E-state index >= 15 is 0 Å². The quantitative estimate of drug-likeness (QED) is 0.742. The highest BCUT2D eigenvalue weighted by Gasteiger charge is 2.22. The van der Waals surface area contributed by atoms with E-state index in [0.717, 1.165) is 32.4 Å². The van der Waals surface area contributed by atoms with Crippen molar-refractivity contribution in [3.63, 3.8) is 0 Å². The minimum absolute atomic E-state index is 0.234. The summed E-state index contributed by atoms with van der Waals surface area (Å²) in [5.74, 6) is -0.240. The van der Waals surface area contributed by atoms with E-state index in [1.165, 1.54) is 0 Å². The summed E-state index contributed by atoms with van der Waals surface area (Å²) in [6, 6.07) is 6.75. The van der Waals surface area contributed by atoms with E-state index in [9.17, 15) is 9.90 Å². The summed E-state index contributed by atoms with van der Waals surface area (Å²) in [7, 11) is 0. The molecule has 1 fully saturated rings. The second kappa shape index (κ2) is 7.26. The molecule has 1 aliphatic rings. The molecule has 0 aliphatic carbocycles. The van der Waals surface area contributed by atoms with E-state index < -0.39 is 5.97 Å². The number of carboxylic acids is 1. The van der Waals surface area contributed by atoms with Crippen LogP contribution in [0.5, 0.6) is 5.75 Å². The summed E-state index contributed by atoms with van der Waals surface area (Å²) in [6.45, 7) is 2.82. The van der Waals surface area contributed by atoms with Gasteiger partial charge in [-0.1, -0.05) is 0 Å². The van der Waals surface area contributed by atoms with Gasteiger partial charge in [-0.2, -0.15) is 0 Å². The topological polar surface area (TPSA) is 70.0 Å². The van der Waals surface area contributed by atoms with Crippen LogP contribution in [0.15, 0.2) is 24.3 Å². The fourth-order valence-corrected chi connectivity index (χ4v) is 2.55. The van der Waals surface area contributed by atoms with Crippen molar-refractivity contribution in [2.24, 2.45) is 0 Å². The molecule has 110 valence electrons. The smallest absolute Gasteiger partial charge is 0.335 e. The van der Waals surface area contributed by atoms with Crippen LogP contribution in [0.2, 0.25) is 0 Å². The van der Waals surface area contributed by atoms with Gasteiger partial charge in [0, 0.05) is 12.6 Å². The lowest BCUT2D eigenvalue weighted by Gasteiger charge is -2.22. The third-order valence-electron chi connectivity index (χ3n) is 3.67. The summed E-state index contributed by atoms with van der Waals surface area (Å²) in [6.07, 6.45) is 3.13. The van der Waals surface area contributed by atoms with Crippen molar-refractivity contribution in [2.75, 3.05) is 26.3 Å². The van der Waals surface area contributed by atoms with Gasteiger partial charge in [0.25, 0.3) is 0 Å². The van der Waals surface area contributed by atoms with E-state index in [4.69, 9.17) is 9.84 Å². The van der Waals surface area contributed by atoms with Crippen molar-refractivity contribution in [1.82, 2.24) is 4.90 Å². The maximum atomic E-state index is 10.7. The van der Waals surface area contributed by atoms with Crippen LogP contribution in [0.1, 0.15) is 29.6 Å². The van der Waals surface area contributed by atoms with Crippen molar-refractivity contribution in [3.05, 3.63) is 29.8 Å². The summed E-state index contributed by atoms with van der Waals surface area (Å²) >= 11 is 0. The number of likely N-dealkylation sites (tertiary alicyclic amines) is 1. The van der Waals surface area contributed by atoms with E-state index in [-0.39, 0.29) is 12.2 Å². The number of carbonyl (C=O) groups is 1. The fraction of sp³-hybridized carbons (Fsp3) is 0.533. The molecule has 2 rings (SSSR count). The van der Waals surface area contributed by atoms with Gasteiger partial charge in [-0.05, 0) is 50.1 Å². The Morgan fingerprint density at radius 1 is 1.35 bits per heavy atom. The third-order valence-corrected chi connectivity index (χ3v) is 3.67. The van der Waals surface area contributed by atoms with Crippen molar-refractivity contribution < 1.29 is 19.7 Å². The predicted molar refractivity (Wildman–Crippen MR) is 75.2 cm³/mol. The lowest BCUT2D eigenvalue weighted by Crippen LogP contribution is -2.33. The third kappa shape index (κ3) is 3.95. The molecule has 1 saturated heterocycles. The summed E-state index contributed by atoms with van der Waals surface area (Å²) < 4.78 is 5.59. The molecule has 2 N–H and O–H groups in total. The number of nitrogens with zero attached hydrogens (tertiary/aromatic N) is 1. The van der Waals surface area contributed by atoms with E-state index in [0.29, 0.717) is 18.4 Å². The average molecular weight is 279 g/mol. The molecule has 1 atom stereocenters. The Morgan fingerprint density at radius 2 is 2.10 bits per heavy atom. The minimum Gasteiger partial charge on any atom is -0.494 e. The highest BCUT2D eigenvalue weighted by atomic mass is 16.5. The van der Waals surface area contributed by atoms with Gasteiger partial charge in [-0.3, -0.25) is 4.90 Å². The van der Waals surface area contributed by atoms with Gasteiger partial charge in [0.05, 0.1) is 18.8 Å². The number of aromatic carboxylic acids is 1. The van der Waals surface area contributed by atoms with Crippen molar-refractivity contribution in [2.45, 2.75) is 25.3 Å². The summed E-state index contributed by atoms with van der Waals surface area (Å²) in [5, 5.41) is 18.0. The SMILES string of the molecule is O=C(O)c1ccc(OCCCN2CCC[C@H]2CO)cc1. The number of hydrogen-bond acceptors (Lipinski definition) is 4. The molecule has 0 saturated carbocycles. The van der Waals surface area contributed by atoms with Crippen molar-refractivity contribution >= 4 is 5.97 Å². The van der Waals surface area contributed by atoms with Crippen LogP contribution in [-0.4, -0.2) is 53.4 Å². The summed E-state index contributed by atoms with van der Waals surface area (Å²) in [4.78, 5) is 13.0. The second-order valence-electron chi connectivity index (χ2n) is 5.05. The molecule has 1 aromatic carbocycles. The normalized spacial score (nSPS) is 19.1. The molecule has 0 spiro atoms. The van der Waals surface area contributed by atoms with Crippen LogP contribution in [0, 0.1) is 0 Å². The first-order valence-electron chi connectivity index (χ1n) is 7.02. The lowest BCUT2D eigenvalue weighted by molar-refractivity contribution is 0.0697. The average Bonchev–Trinajstić information content (AvgIpc) is 2.91. The van der Waals surface area contributed by atoms with Gasteiger partial charge in [0.15, 0.2) is 0 Å². The zero-order chi connectivity index (χ0) is 14.4. The molecule has 5 nitrogen and oxygen atoms in total. The molecule has 20 heavy (non-hydrogen) atoms. The van der Waals surface area contributed by atoms with Gasteiger partial charge in [-0.25, -0.2) is 4.79 Å². The number of ether oxygens (including phenoxy) is 1. The molecular formula is C15H21NO4. The number of aliphatic hydroxyl groups excluding tert-OH is 1. The highest BCUT2D eigenvalue weighted by Crippen LogP contribution is 2.17. The summed E-state index contributed by atoms with van der Waals surface area (Å²) in [5.41, 5.74) is 0.264. The molecule has 0 amide bonds. The predicted octanol–water partition coefficient (Wildman–Crippen LogP) is 1.61. The van der Waals surface area contributed by atoms with Crippen molar-refractivity contribution in [3.8, 4) is 5.75 Å². The van der Waals surface area contributed by atoms with Crippen molar-refractivity contribution in [1.29, 1.82) is 0 Å². The van der Waals surface area contributed by atoms with Gasteiger partial charge >= 0.3 is 5.97 Å². The number of carboxylic acid groups (broad SMARTS) is 1. The molecule has 1 heterocycles. The maximum absolute atomic E-state index is 10.7. The zero-order valence-electron chi connectivity index (χ0n) is 11.5. The van der Waals surface area contributed by atoms with Crippen LogP contribution < -0.4 is 4.74 Å². The van der Waals surface area contributed by atoms with Gasteiger partial charge < -0.3 is 14.9 Å². The van der Waals surface area contributed by atoms with Gasteiger partial charge in [0.2, 0.25) is 0 Å². The van der Waals surface area contributed by atoms with Crippen LogP contribution in [-0.2, 0) is 0 Å². The molecule has 1 aromatic rings. The first kappa shape index (κ1) is 14.8. The Bertz CT molecular complexity index is 432. The number of hydrogen-bond donors (Lipinski definition) is 2. The zero-order valence-corrected chi connectivity index (χ0v) is 11.5. The van der Waals surface area contributed by atoms with Crippen LogP contribution in [0.4, 0.5) is 0 Å². The van der Waals surface area contributed by atoms with E-state index in [1.54, 1.807) is 24.3 Å². The highest BCUT2D eigenvalue weighted by molar-refractivity contribution is 5.87. The first-order chi connectivity index (χ1) is 9.70. The van der Waals surface area contributed by atoms with Gasteiger partial charge in [0.1, 0.15) is 5.75 Å². The molecule has 0 radical (unpaired) electrons. The molecule has 5 heteroatoms. The monoisotopic (exact) mass is 279 g/mol. The maximum Gasteiger partial charge on any atom is 0.335 e. The Balaban J connectivity index is 1.69. The standard InChI is InChI=1S/C15H21NO4/c17-11-13-3-1-8-16(13)9-2-10-20-14-6-4-12(5-7-14)15(18)19/h4-7,13,17H,1-3,8-11H2,(H,18,19)/t13-/m0/s1.